The van der Waals surface area contributed by atoms with Crippen LogP contribution in [0.15, 0.2) is 30.3 Å². The van der Waals surface area contributed by atoms with E-state index in [9.17, 15) is 10.1 Å². The van der Waals surface area contributed by atoms with Crippen LogP contribution < -0.4 is 0 Å². The second kappa shape index (κ2) is 6.53. The highest BCUT2D eigenvalue weighted by Crippen LogP contribution is 2.38. The van der Waals surface area contributed by atoms with Gasteiger partial charge in [0.15, 0.2) is 5.60 Å². The lowest BCUT2D eigenvalue weighted by Gasteiger charge is -2.32. The summed E-state index contributed by atoms with van der Waals surface area (Å²) in [6.07, 6.45) is 3.38. The van der Waals surface area contributed by atoms with E-state index < -0.39 is 17.5 Å². The average Bonchev–Trinajstić information content (AvgIpc) is 2.75. The van der Waals surface area contributed by atoms with Crippen LogP contribution in [0.4, 0.5) is 0 Å². The Morgan fingerprint density at radius 1 is 1.35 bits per heavy atom. The van der Waals surface area contributed by atoms with Gasteiger partial charge in [-0.05, 0) is 24.8 Å². The maximum atomic E-state index is 12.2. The van der Waals surface area contributed by atoms with Gasteiger partial charge in [-0.2, -0.15) is 5.26 Å². The molecule has 2 unspecified atom stereocenters. The molecular weight excluding hydrogens is 254 g/mol. The van der Waals surface area contributed by atoms with Crippen molar-refractivity contribution in [2.75, 3.05) is 13.7 Å². The zero-order valence-electron chi connectivity index (χ0n) is 11.7. The molecule has 1 fully saturated rings. The van der Waals surface area contributed by atoms with Crippen molar-refractivity contribution in [2.45, 2.75) is 37.2 Å². The van der Waals surface area contributed by atoms with Crippen LogP contribution in [-0.2, 0) is 14.3 Å². The summed E-state index contributed by atoms with van der Waals surface area (Å²) in [7, 11) is 1.35. The molecular formula is C16H19NO3. The summed E-state index contributed by atoms with van der Waals surface area (Å²) in [6.45, 7) is 0.508. The Morgan fingerprint density at radius 2 is 2.10 bits per heavy atom. The van der Waals surface area contributed by atoms with Gasteiger partial charge in [0, 0.05) is 6.61 Å². The van der Waals surface area contributed by atoms with Gasteiger partial charge in [0.05, 0.1) is 13.2 Å². The lowest BCUT2D eigenvalue weighted by atomic mass is 9.79. The Morgan fingerprint density at radius 3 is 2.75 bits per heavy atom. The lowest BCUT2D eigenvalue weighted by molar-refractivity contribution is -0.150. The number of nitrogens with zero attached hydrogens (tertiary/aromatic N) is 1. The number of hydrogen-bond donors (Lipinski definition) is 0. The molecule has 1 heterocycles. The lowest BCUT2D eigenvalue weighted by Crippen LogP contribution is -2.42. The van der Waals surface area contributed by atoms with E-state index in [2.05, 4.69) is 6.07 Å². The minimum absolute atomic E-state index is 0.417. The molecule has 0 saturated carbocycles. The van der Waals surface area contributed by atoms with Crippen molar-refractivity contribution in [3.05, 3.63) is 35.9 Å². The van der Waals surface area contributed by atoms with E-state index in [1.165, 1.54) is 7.11 Å². The van der Waals surface area contributed by atoms with Gasteiger partial charge in [-0.3, -0.25) is 4.79 Å². The predicted molar refractivity (Wildman–Crippen MR) is 74.0 cm³/mol. The second-order valence-electron chi connectivity index (χ2n) is 5.03. The number of carbonyl (C=O) groups is 1. The minimum Gasteiger partial charge on any atom is -0.468 e. The first-order valence-corrected chi connectivity index (χ1v) is 6.91. The first-order valence-electron chi connectivity index (χ1n) is 6.91. The first kappa shape index (κ1) is 14.5. The molecule has 2 rings (SSSR count). The van der Waals surface area contributed by atoms with E-state index in [-0.39, 0.29) is 0 Å². The molecule has 106 valence electrons. The van der Waals surface area contributed by atoms with E-state index in [0.29, 0.717) is 13.0 Å². The largest absolute Gasteiger partial charge is 0.468 e. The van der Waals surface area contributed by atoms with Gasteiger partial charge in [-0.15, -0.1) is 0 Å². The van der Waals surface area contributed by atoms with E-state index in [1.807, 2.05) is 30.3 Å². The van der Waals surface area contributed by atoms with Gasteiger partial charge in [0.2, 0.25) is 0 Å². The van der Waals surface area contributed by atoms with E-state index in [0.717, 1.165) is 24.8 Å². The van der Waals surface area contributed by atoms with E-state index >= 15 is 0 Å². The summed E-state index contributed by atoms with van der Waals surface area (Å²) >= 11 is 0. The zero-order chi connectivity index (χ0) is 14.4. The number of benzene rings is 1. The maximum absolute atomic E-state index is 12.2. The Bertz CT molecular complexity index is 484. The molecule has 1 aliphatic heterocycles. The fourth-order valence-electron chi connectivity index (χ4n) is 2.73. The van der Waals surface area contributed by atoms with Crippen LogP contribution in [-0.4, -0.2) is 25.3 Å². The van der Waals surface area contributed by atoms with Crippen molar-refractivity contribution in [3.63, 3.8) is 0 Å². The molecule has 1 aromatic carbocycles. The second-order valence-corrected chi connectivity index (χ2v) is 5.03. The third-order valence-electron chi connectivity index (χ3n) is 3.78. The molecule has 2 atom stereocenters. The smallest absolute Gasteiger partial charge is 0.317 e. The van der Waals surface area contributed by atoms with Crippen molar-refractivity contribution < 1.29 is 14.3 Å². The normalized spacial score (nSPS) is 24.2. The van der Waals surface area contributed by atoms with Crippen molar-refractivity contribution in [3.8, 4) is 6.07 Å². The number of hydrogen-bond acceptors (Lipinski definition) is 4. The standard InChI is InChI=1S/C16H19NO3/c1-19-15(18)14(13-8-4-2-5-9-13)16(12-17)10-6-3-7-11-20-16/h2,4-5,8-9,14H,3,6-7,10-11H2,1H3. The van der Waals surface area contributed by atoms with Gasteiger partial charge in [-0.25, -0.2) is 0 Å². The fourth-order valence-corrected chi connectivity index (χ4v) is 2.73. The van der Waals surface area contributed by atoms with Crippen molar-refractivity contribution in [1.29, 1.82) is 5.26 Å². The molecule has 4 nitrogen and oxygen atoms in total. The SMILES string of the molecule is COC(=O)C(c1ccccc1)C1(C#N)CCCCCO1. The third kappa shape index (κ3) is 2.83. The highest BCUT2D eigenvalue weighted by molar-refractivity contribution is 5.80. The molecule has 1 aliphatic rings. The number of rotatable bonds is 3. The average molecular weight is 273 g/mol. The molecule has 0 aliphatic carbocycles. The molecule has 20 heavy (non-hydrogen) atoms. The Labute approximate surface area is 119 Å². The Balaban J connectivity index is 2.43. The molecule has 1 aromatic rings. The summed E-state index contributed by atoms with van der Waals surface area (Å²) in [5, 5.41) is 9.66. The van der Waals surface area contributed by atoms with Crippen molar-refractivity contribution in [2.24, 2.45) is 0 Å². The van der Waals surface area contributed by atoms with Crippen molar-refractivity contribution >= 4 is 5.97 Å². The van der Waals surface area contributed by atoms with E-state index in [1.54, 1.807) is 0 Å². The zero-order valence-corrected chi connectivity index (χ0v) is 11.7. The van der Waals surface area contributed by atoms with Gasteiger partial charge >= 0.3 is 5.97 Å². The molecule has 0 aromatic heterocycles. The quantitative estimate of drug-likeness (QED) is 0.794. The number of nitriles is 1. The van der Waals surface area contributed by atoms with Crippen LogP contribution in [0.1, 0.15) is 37.2 Å². The summed E-state index contributed by atoms with van der Waals surface area (Å²) in [6, 6.07) is 11.5. The summed E-state index contributed by atoms with van der Waals surface area (Å²) in [5.41, 5.74) is -0.354. The molecule has 1 saturated heterocycles. The van der Waals surface area contributed by atoms with Crippen molar-refractivity contribution in [1.82, 2.24) is 0 Å². The van der Waals surface area contributed by atoms with Crippen LogP contribution in [0, 0.1) is 11.3 Å². The highest BCUT2D eigenvalue weighted by atomic mass is 16.5. The van der Waals surface area contributed by atoms with Crippen LogP contribution >= 0.6 is 0 Å². The minimum atomic E-state index is -1.12. The highest BCUT2D eigenvalue weighted by Gasteiger charge is 2.46. The first-order chi connectivity index (χ1) is 9.73. The van der Waals surface area contributed by atoms with Gasteiger partial charge in [-0.1, -0.05) is 36.8 Å². The summed E-state index contributed by atoms with van der Waals surface area (Å²) in [4.78, 5) is 12.2. The van der Waals surface area contributed by atoms with Crippen LogP contribution in [0.3, 0.4) is 0 Å². The number of esters is 1. The number of ether oxygens (including phenoxy) is 2. The monoisotopic (exact) mass is 273 g/mol. The topological polar surface area (TPSA) is 59.3 Å². The van der Waals surface area contributed by atoms with Crippen LogP contribution in [0.2, 0.25) is 0 Å². The third-order valence-corrected chi connectivity index (χ3v) is 3.78. The molecule has 0 amide bonds. The number of methoxy groups -OCH3 is 1. The molecule has 0 bridgehead atoms. The van der Waals surface area contributed by atoms with Gasteiger partial charge in [0.25, 0.3) is 0 Å². The Hall–Kier alpha value is -1.86. The molecule has 0 radical (unpaired) electrons. The Kier molecular flexibility index (Phi) is 4.75. The van der Waals surface area contributed by atoms with Gasteiger partial charge in [0.1, 0.15) is 5.92 Å². The molecule has 0 N–H and O–H groups in total. The van der Waals surface area contributed by atoms with E-state index in [4.69, 9.17) is 9.47 Å². The van der Waals surface area contributed by atoms with Crippen LogP contribution in [0.5, 0.6) is 0 Å². The number of carbonyl (C=O) groups excluding carboxylic acids is 1. The van der Waals surface area contributed by atoms with Gasteiger partial charge < -0.3 is 9.47 Å². The molecule has 0 spiro atoms. The summed E-state index contributed by atoms with van der Waals surface area (Å²) in [5.74, 6) is -1.11. The fraction of sp³-hybridized carbons (Fsp3) is 0.500. The predicted octanol–water partition coefficient (Wildman–Crippen LogP) is 2.80. The maximum Gasteiger partial charge on any atom is 0.317 e. The summed E-state index contributed by atoms with van der Waals surface area (Å²) < 4.78 is 10.7. The van der Waals surface area contributed by atoms with Crippen LogP contribution in [0.25, 0.3) is 0 Å². The molecule has 4 heteroatoms.